The van der Waals surface area contributed by atoms with E-state index in [1.807, 2.05) is 32.0 Å². The molecule has 6 nitrogen and oxygen atoms in total. The monoisotopic (exact) mass is 436 g/mol. The van der Waals surface area contributed by atoms with Gasteiger partial charge in [0.15, 0.2) is 11.5 Å². The second-order valence-corrected chi connectivity index (χ2v) is 7.82. The molecule has 154 valence electrons. The minimum atomic E-state index is -0.404. The predicted octanol–water partition coefficient (Wildman–Crippen LogP) is 4.01. The Bertz CT molecular complexity index is 918. The molecule has 0 unspecified atom stereocenters. The molecule has 0 radical (unpaired) electrons. The molecule has 0 saturated carbocycles. The third-order valence-corrected chi connectivity index (χ3v) is 5.24. The molecule has 1 aliphatic rings. The van der Waals surface area contributed by atoms with Gasteiger partial charge in [0, 0.05) is 5.56 Å². The van der Waals surface area contributed by atoms with Crippen LogP contribution in [0.25, 0.3) is 0 Å². The van der Waals surface area contributed by atoms with Crippen LogP contribution in [0.3, 0.4) is 0 Å². The third kappa shape index (κ3) is 5.34. The minimum Gasteiger partial charge on any atom is -0.486 e. The number of halogens is 2. The Morgan fingerprint density at radius 1 is 1.00 bits per heavy atom. The average molecular weight is 437 g/mol. The fraction of sp³-hybridized carbons (Fsp3) is 0.333. The summed E-state index contributed by atoms with van der Waals surface area (Å²) in [5, 5.41) is 6.20. The van der Waals surface area contributed by atoms with E-state index in [-0.39, 0.29) is 29.4 Å². The number of carbonyl (C=O) groups excluding carboxylic acids is 2. The molecule has 0 bridgehead atoms. The first kappa shape index (κ1) is 21.3. The van der Waals surface area contributed by atoms with E-state index in [0.717, 1.165) is 5.56 Å². The largest absolute Gasteiger partial charge is 0.486 e. The number of fused-ring (bicyclic) bond motifs is 1. The molecule has 0 aliphatic carbocycles. The second kappa shape index (κ2) is 9.37. The highest BCUT2D eigenvalue weighted by Gasteiger charge is 2.22. The van der Waals surface area contributed by atoms with Crippen LogP contribution in [-0.4, -0.2) is 31.6 Å². The van der Waals surface area contributed by atoms with Crippen LogP contribution in [0, 0.1) is 5.92 Å². The van der Waals surface area contributed by atoms with Gasteiger partial charge in [-0.3, -0.25) is 9.59 Å². The van der Waals surface area contributed by atoms with Crippen molar-refractivity contribution in [2.45, 2.75) is 19.9 Å². The Morgan fingerprint density at radius 3 is 2.41 bits per heavy atom. The Labute approximate surface area is 179 Å². The molecular weight excluding hydrogens is 415 g/mol. The quantitative estimate of drug-likeness (QED) is 0.716. The average Bonchev–Trinajstić information content (AvgIpc) is 2.71. The summed E-state index contributed by atoms with van der Waals surface area (Å²) in [5.41, 5.74) is 1.24. The maximum Gasteiger partial charge on any atom is 0.251 e. The molecule has 8 heteroatoms. The fourth-order valence-corrected chi connectivity index (χ4v) is 3.31. The topological polar surface area (TPSA) is 76.7 Å². The van der Waals surface area contributed by atoms with Crippen molar-refractivity contribution in [1.82, 2.24) is 10.6 Å². The van der Waals surface area contributed by atoms with E-state index in [2.05, 4.69) is 10.6 Å². The molecular formula is C21H22Cl2N2O4. The van der Waals surface area contributed by atoms with E-state index in [4.69, 9.17) is 32.7 Å². The molecule has 2 amide bonds. The van der Waals surface area contributed by atoms with Crippen LogP contribution in [0.1, 0.15) is 35.8 Å². The molecule has 0 spiro atoms. The SMILES string of the molecule is CC(C)[C@H](NC(=O)CNC(=O)c1ccc(Cl)c(Cl)c1)c1ccc2c(c1)OCCO2. The summed E-state index contributed by atoms with van der Waals surface area (Å²) in [7, 11) is 0. The molecule has 0 fully saturated rings. The number of amides is 2. The number of nitrogens with one attached hydrogen (secondary N) is 2. The van der Waals surface area contributed by atoms with Gasteiger partial charge in [0.2, 0.25) is 5.91 Å². The normalized spacial score (nSPS) is 13.7. The van der Waals surface area contributed by atoms with Crippen LogP contribution in [-0.2, 0) is 4.79 Å². The van der Waals surface area contributed by atoms with Crippen molar-refractivity contribution in [3.05, 3.63) is 57.6 Å². The highest BCUT2D eigenvalue weighted by molar-refractivity contribution is 6.42. The first-order chi connectivity index (χ1) is 13.8. The molecule has 2 aromatic rings. The van der Waals surface area contributed by atoms with Crippen LogP contribution in [0.15, 0.2) is 36.4 Å². The summed E-state index contributed by atoms with van der Waals surface area (Å²) >= 11 is 11.8. The lowest BCUT2D eigenvalue weighted by Crippen LogP contribution is -2.40. The Kier molecular flexibility index (Phi) is 6.87. The van der Waals surface area contributed by atoms with Crippen molar-refractivity contribution in [2.24, 2.45) is 5.92 Å². The Balaban J connectivity index is 1.62. The maximum atomic E-state index is 12.4. The number of carbonyl (C=O) groups is 2. The Hall–Kier alpha value is -2.44. The zero-order valence-electron chi connectivity index (χ0n) is 16.1. The van der Waals surface area contributed by atoms with Crippen LogP contribution in [0.2, 0.25) is 10.0 Å². The standard InChI is InChI=1S/C21H22Cl2N2O4/c1-12(2)20(13-4-6-17-18(10-13)29-8-7-28-17)25-19(26)11-24-21(27)14-3-5-15(22)16(23)9-14/h3-6,9-10,12,20H,7-8,11H2,1-2H3,(H,24,27)(H,25,26)/t20-/m0/s1. The van der Waals surface area contributed by atoms with Gasteiger partial charge in [0.25, 0.3) is 5.91 Å². The van der Waals surface area contributed by atoms with Gasteiger partial charge in [-0.1, -0.05) is 43.1 Å². The van der Waals surface area contributed by atoms with E-state index in [9.17, 15) is 9.59 Å². The third-order valence-electron chi connectivity index (χ3n) is 4.50. The lowest BCUT2D eigenvalue weighted by Gasteiger charge is -2.25. The van der Waals surface area contributed by atoms with Crippen LogP contribution < -0.4 is 20.1 Å². The van der Waals surface area contributed by atoms with Gasteiger partial charge in [0.1, 0.15) is 13.2 Å². The number of hydrogen-bond donors (Lipinski definition) is 2. The molecule has 2 N–H and O–H groups in total. The maximum absolute atomic E-state index is 12.4. The first-order valence-corrected chi connectivity index (χ1v) is 10.0. The smallest absolute Gasteiger partial charge is 0.251 e. The predicted molar refractivity (Wildman–Crippen MR) is 112 cm³/mol. The minimum absolute atomic E-state index is 0.132. The van der Waals surface area contributed by atoms with Crippen molar-refractivity contribution < 1.29 is 19.1 Å². The summed E-state index contributed by atoms with van der Waals surface area (Å²) in [5.74, 6) is 0.794. The summed E-state index contributed by atoms with van der Waals surface area (Å²) in [6.07, 6.45) is 0. The molecule has 2 aromatic carbocycles. The summed E-state index contributed by atoms with van der Waals surface area (Å²) in [4.78, 5) is 24.7. The lowest BCUT2D eigenvalue weighted by molar-refractivity contribution is -0.121. The van der Waals surface area contributed by atoms with Gasteiger partial charge in [-0.2, -0.15) is 0 Å². The van der Waals surface area contributed by atoms with Gasteiger partial charge in [0.05, 0.1) is 22.6 Å². The summed E-state index contributed by atoms with van der Waals surface area (Å²) in [6.45, 7) is 4.88. The van der Waals surface area contributed by atoms with Crippen molar-refractivity contribution in [1.29, 1.82) is 0 Å². The Morgan fingerprint density at radius 2 is 1.72 bits per heavy atom. The number of benzene rings is 2. The van der Waals surface area contributed by atoms with Crippen LogP contribution in [0.4, 0.5) is 0 Å². The van der Waals surface area contributed by atoms with E-state index in [1.165, 1.54) is 12.1 Å². The van der Waals surface area contributed by atoms with Gasteiger partial charge in [-0.05, 0) is 41.8 Å². The zero-order chi connectivity index (χ0) is 21.0. The summed E-state index contributed by atoms with van der Waals surface area (Å²) < 4.78 is 11.2. The molecule has 3 rings (SSSR count). The van der Waals surface area contributed by atoms with Gasteiger partial charge in [-0.15, -0.1) is 0 Å². The molecule has 1 heterocycles. The lowest BCUT2D eigenvalue weighted by atomic mass is 9.95. The van der Waals surface area contributed by atoms with Crippen LogP contribution >= 0.6 is 23.2 Å². The molecule has 1 atom stereocenters. The van der Waals surface area contributed by atoms with Crippen molar-refractivity contribution in [3.8, 4) is 11.5 Å². The molecule has 0 saturated heterocycles. The van der Waals surface area contributed by atoms with Crippen molar-refractivity contribution in [2.75, 3.05) is 19.8 Å². The van der Waals surface area contributed by atoms with E-state index in [0.29, 0.717) is 35.3 Å². The van der Waals surface area contributed by atoms with Crippen molar-refractivity contribution in [3.63, 3.8) is 0 Å². The highest BCUT2D eigenvalue weighted by atomic mass is 35.5. The molecule has 1 aliphatic heterocycles. The first-order valence-electron chi connectivity index (χ1n) is 9.27. The number of rotatable bonds is 6. The highest BCUT2D eigenvalue weighted by Crippen LogP contribution is 2.34. The van der Waals surface area contributed by atoms with Crippen LogP contribution in [0.5, 0.6) is 11.5 Å². The second-order valence-electron chi connectivity index (χ2n) is 7.00. The van der Waals surface area contributed by atoms with E-state index < -0.39 is 5.91 Å². The molecule has 0 aromatic heterocycles. The van der Waals surface area contributed by atoms with Gasteiger partial charge < -0.3 is 20.1 Å². The number of hydrogen-bond acceptors (Lipinski definition) is 4. The number of ether oxygens (including phenoxy) is 2. The fourth-order valence-electron chi connectivity index (χ4n) is 3.01. The van der Waals surface area contributed by atoms with Gasteiger partial charge >= 0.3 is 0 Å². The van der Waals surface area contributed by atoms with Gasteiger partial charge in [-0.25, -0.2) is 0 Å². The zero-order valence-corrected chi connectivity index (χ0v) is 17.6. The van der Waals surface area contributed by atoms with Crippen molar-refractivity contribution >= 4 is 35.0 Å². The van der Waals surface area contributed by atoms with E-state index >= 15 is 0 Å². The van der Waals surface area contributed by atoms with E-state index in [1.54, 1.807) is 6.07 Å². The summed E-state index contributed by atoms with van der Waals surface area (Å²) in [6, 6.07) is 9.95. The molecule has 29 heavy (non-hydrogen) atoms.